The summed E-state index contributed by atoms with van der Waals surface area (Å²) in [7, 11) is 0. The van der Waals surface area contributed by atoms with E-state index in [1.807, 2.05) is 0 Å². The molecule has 0 radical (unpaired) electrons. The van der Waals surface area contributed by atoms with Crippen molar-refractivity contribution in [1.29, 1.82) is 0 Å². The third kappa shape index (κ3) is 16.9. The van der Waals surface area contributed by atoms with Crippen LogP contribution in [0.25, 0.3) is 0 Å². The van der Waals surface area contributed by atoms with E-state index in [4.69, 9.17) is 0 Å². The van der Waals surface area contributed by atoms with Gasteiger partial charge in [-0.05, 0) is 51.7 Å². The molecule has 0 aliphatic rings. The summed E-state index contributed by atoms with van der Waals surface area (Å²) in [5, 5.41) is 14.0. The van der Waals surface area contributed by atoms with Crippen LogP contribution in [0.3, 0.4) is 0 Å². The molecule has 0 saturated heterocycles. The number of nitrogens with one attached hydrogen (secondary N) is 3. The Kier molecular flexibility index (Phi) is 16.4. The Labute approximate surface area is 246 Å². The van der Waals surface area contributed by atoms with Crippen molar-refractivity contribution in [1.82, 2.24) is 25.8 Å². The highest BCUT2D eigenvalue weighted by Crippen LogP contribution is 2.23. The Morgan fingerprint density at radius 3 is 1.18 bits per heavy atom. The molecule has 11 nitrogen and oxygen atoms in total. The van der Waals surface area contributed by atoms with E-state index >= 15 is 0 Å². The van der Waals surface area contributed by atoms with Crippen LogP contribution in [0, 0.1) is 0 Å². The summed E-state index contributed by atoms with van der Waals surface area (Å²) in [4.78, 5) is 57.6. The summed E-state index contributed by atoms with van der Waals surface area (Å²) in [6, 6.07) is -2.18. The number of carbonyl (C=O) groups is 5. The number of alkyl halides is 12. The second kappa shape index (κ2) is 17.8. The van der Waals surface area contributed by atoms with E-state index in [1.54, 1.807) is 10.6 Å². The fourth-order valence-electron chi connectivity index (χ4n) is 3.58. The lowest BCUT2D eigenvalue weighted by molar-refractivity contribution is -0.190. The van der Waals surface area contributed by atoms with Crippen LogP contribution in [-0.2, 0) is 24.0 Å². The number of amides is 4. The first-order valence-electron chi connectivity index (χ1n) is 12.8. The van der Waals surface area contributed by atoms with Gasteiger partial charge in [-0.15, -0.1) is 0 Å². The molecular formula is C22H29F12N5O6. The van der Waals surface area contributed by atoms with Gasteiger partial charge >= 0.3 is 54.3 Å². The van der Waals surface area contributed by atoms with Crippen molar-refractivity contribution in [3.05, 3.63) is 0 Å². The van der Waals surface area contributed by atoms with Gasteiger partial charge in [0.25, 0.3) is 0 Å². The Bertz CT molecular complexity index is 967. The summed E-state index contributed by atoms with van der Waals surface area (Å²) in [6.45, 7) is -3.54. The molecule has 0 heterocycles. The molecule has 0 saturated carbocycles. The summed E-state index contributed by atoms with van der Waals surface area (Å²) in [6.07, 6.45) is -23.4. The molecule has 0 aromatic carbocycles. The van der Waals surface area contributed by atoms with Crippen LogP contribution < -0.4 is 16.0 Å². The van der Waals surface area contributed by atoms with Gasteiger partial charge in [0.05, 0.1) is 0 Å². The first kappa shape index (κ1) is 41.5. The first-order chi connectivity index (χ1) is 20.4. The molecule has 0 bridgehead atoms. The zero-order valence-electron chi connectivity index (χ0n) is 23.0. The molecule has 0 aliphatic carbocycles. The second-order valence-corrected chi connectivity index (χ2v) is 9.16. The lowest BCUT2D eigenvalue weighted by Crippen LogP contribution is -2.51. The second-order valence-electron chi connectivity index (χ2n) is 9.16. The van der Waals surface area contributed by atoms with E-state index in [0.29, 0.717) is 0 Å². The van der Waals surface area contributed by atoms with Gasteiger partial charge in [0.1, 0.15) is 6.04 Å². The number of nitrogens with zero attached hydrogens (tertiary/aromatic N) is 2. The monoisotopic (exact) mass is 687 g/mol. The van der Waals surface area contributed by atoms with Crippen LogP contribution in [0.2, 0.25) is 0 Å². The van der Waals surface area contributed by atoms with Crippen LogP contribution in [0.5, 0.6) is 0 Å². The van der Waals surface area contributed by atoms with Gasteiger partial charge in [-0.2, -0.15) is 52.7 Å². The van der Waals surface area contributed by atoms with E-state index in [0.717, 1.165) is 0 Å². The number of hydrogen-bond acceptors (Lipinski definition) is 6. The minimum atomic E-state index is -5.60. The number of hydrogen-bond donors (Lipinski definition) is 4. The third-order valence-corrected chi connectivity index (χ3v) is 5.62. The quantitative estimate of drug-likeness (QED) is 0.128. The number of carboxylic acids is 1. The van der Waals surface area contributed by atoms with E-state index in [1.165, 1.54) is 10.2 Å². The first-order valence-corrected chi connectivity index (χ1v) is 12.8. The van der Waals surface area contributed by atoms with Gasteiger partial charge in [-0.25, -0.2) is 4.79 Å². The maximum Gasteiger partial charge on any atom is 0.471 e. The predicted molar refractivity (Wildman–Crippen MR) is 126 cm³/mol. The summed E-state index contributed by atoms with van der Waals surface area (Å²) in [5.74, 6) is -11.5. The smallest absolute Gasteiger partial charge is 0.471 e. The van der Waals surface area contributed by atoms with Crippen molar-refractivity contribution in [2.24, 2.45) is 0 Å². The van der Waals surface area contributed by atoms with Gasteiger partial charge in [0.2, 0.25) is 0 Å². The highest BCUT2D eigenvalue weighted by atomic mass is 19.4. The number of carbonyl (C=O) groups excluding carboxylic acids is 4. The summed E-state index contributed by atoms with van der Waals surface area (Å²) in [5.41, 5.74) is 0. The van der Waals surface area contributed by atoms with Gasteiger partial charge in [0.15, 0.2) is 0 Å². The highest BCUT2D eigenvalue weighted by molar-refractivity contribution is 5.87. The molecule has 4 N–H and O–H groups in total. The Balaban J connectivity index is 5.45. The molecule has 0 fully saturated rings. The van der Waals surface area contributed by atoms with Crippen LogP contribution in [0.1, 0.15) is 32.1 Å². The molecule has 0 spiro atoms. The molecule has 262 valence electrons. The van der Waals surface area contributed by atoms with E-state index < -0.39 is 99.4 Å². The minimum Gasteiger partial charge on any atom is -0.480 e. The molecular weight excluding hydrogens is 658 g/mol. The Hall–Kier alpha value is -3.53. The molecule has 0 aromatic heterocycles. The zero-order chi connectivity index (χ0) is 35.2. The number of rotatable bonds is 18. The molecule has 4 amide bonds. The molecule has 0 rings (SSSR count). The SMILES string of the molecule is O=C(O)[C@H](CCCN(CCCNC(=O)C(F)(F)F)CCCNC(=O)C(F)(F)F)N(CCCNC(=O)C(F)(F)F)C(=O)C(F)(F)F. The third-order valence-electron chi connectivity index (χ3n) is 5.62. The maximum atomic E-state index is 13.2. The van der Waals surface area contributed by atoms with E-state index in [2.05, 4.69) is 0 Å². The normalized spacial score (nSPS) is 13.3. The molecule has 0 aromatic rings. The number of aliphatic carboxylic acids is 1. The predicted octanol–water partition coefficient (Wildman–Crippen LogP) is 2.12. The molecule has 1 atom stereocenters. The summed E-state index contributed by atoms with van der Waals surface area (Å²) >= 11 is 0. The highest BCUT2D eigenvalue weighted by Gasteiger charge is 2.46. The van der Waals surface area contributed by atoms with Crippen LogP contribution in [0.15, 0.2) is 0 Å². The fourth-order valence-corrected chi connectivity index (χ4v) is 3.58. The zero-order valence-corrected chi connectivity index (χ0v) is 23.0. The van der Waals surface area contributed by atoms with Crippen molar-refractivity contribution in [2.75, 3.05) is 45.8 Å². The summed E-state index contributed by atoms with van der Waals surface area (Å²) < 4.78 is 150. The number of carboxylic acid groups (broad SMARTS) is 1. The van der Waals surface area contributed by atoms with Gasteiger partial charge in [-0.3, -0.25) is 19.2 Å². The molecule has 0 unspecified atom stereocenters. The maximum absolute atomic E-state index is 13.2. The van der Waals surface area contributed by atoms with Crippen LogP contribution in [-0.4, -0.2) is 121 Å². The van der Waals surface area contributed by atoms with Crippen molar-refractivity contribution in [2.45, 2.75) is 62.9 Å². The lowest BCUT2D eigenvalue weighted by atomic mass is 10.1. The average Bonchev–Trinajstić information content (AvgIpc) is 2.88. The van der Waals surface area contributed by atoms with Crippen molar-refractivity contribution in [3.63, 3.8) is 0 Å². The van der Waals surface area contributed by atoms with Gasteiger partial charge in [-0.1, -0.05) is 0 Å². The average molecular weight is 687 g/mol. The number of halogens is 12. The topological polar surface area (TPSA) is 148 Å². The molecule has 0 aliphatic heterocycles. The molecule has 23 heteroatoms. The van der Waals surface area contributed by atoms with E-state index in [9.17, 15) is 81.8 Å². The Morgan fingerprint density at radius 1 is 0.533 bits per heavy atom. The largest absolute Gasteiger partial charge is 0.480 e. The standard InChI is InChI=1S/C22H29F12N5O6/c23-19(24,25)15(42)35-6-2-10-38(11-3-7-36-16(43)20(26,27)28)9-1-5-13(14(40)41)39(18(45)22(32,33)34)12-4-8-37-17(44)21(29,30)31/h13H,1-12H2,(H,35,42)(H,36,43)(H,37,44)(H,40,41)/t13-/m0/s1. The fraction of sp³-hybridized carbons (Fsp3) is 0.773. The van der Waals surface area contributed by atoms with Gasteiger partial charge in [0, 0.05) is 26.2 Å². The van der Waals surface area contributed by atoms with Crippen molar-refractivity contribution >= 4 is 29.6 Å². The minimum absolute atomic E-state index is 0.160. The Morgan fingerprint density at radius 2 is 0.867 bits per heavy atom. The van der Waals surface area contributed by atoms with Crippen molar-refractivity contribution in [3.8, 4) is 0 Å². The van der Waals surface area contributed by atoms with Crippen molar-refractivity contribution < 1.29 is 81.8 Å². The van der Waals surface area contributed by atoms with Gasteiger partial charge < -0.3 is 30.9 Å². The van der Waals surface area contributed by atoms with Crippen LogP contribution >= 0.6 is 0 Å². The molecule has 45 heavy (non-hydrogen) atoms. The lowest BCUT2D eigenvalue weighted by Gasteiger charge is -2.30. The van der Waals surface area contributed by atoms with E-state index in [-0.39, 0.29) is 43.8 Å². The van der Waals surface area contributed by atoms with Crippen LogP contribution in [0.4, 0.5) is 52.7 Å².